The van der Waals surface area contributed by atoms with Crippen LogP contribution in [-0.2, 0) is 16.6 Å². The van der Waals surface area contributed by atoms with E-state index in [2.05, 4.69) is 25.8 Å². The lowest BCUT2D eigenvalue weighted by molar-refractivity contribution is 0.354. The van der Waals surface area contributed by atoms with E-state index in [1.807, 2.05) is 0 Å². The van der Waals surface area contributed by atoms with Crippen molar-refractivity contribution in [3.8, 4) is 11.5 Å². The van der Waals surface area contributed by atoms with Crippen LogP contribution in [0.3, 0.4) is 0 Å². The monoisotopic (exact) mass is 469 g/mol. The molecule has 148 valence electrons. The normalized spacial score (nSPS) is 11.3. The number of methoxy groups -OCH3 is 2. The van der Waals surface area contributed by atoms with E-state index in [0.717, 1.165) is 0 Å². The van der Waals surface area contributed by atoms with Crippen molar-refractivity contribution in [2.45, 2.75) is 11.4 Å². The number of aromatic nitrogens is 2. The van der Waals surface area contributed by atoms with E-state index in [4.69, 9.17) is 9.47 Å². The molecule has 0 spiro atoms. The van der Waals surface area contributed by atoms with Crippen molar-refractivity contribution in [3.63, 3.8) is 0 Å². The fourth-order valence-corrected chi connectivity index (χ4v) is 4.10. The summed E-state index contributed by atoms with van der Waals surface area (Å²) in [4.78, 5) is -0.0132. The quantitative estimate of drug-likeness (QED) is 0.570. The van der Waals surface area contributed by atoms with Gasteiger partial charge >= 0.3 is 0 Å². The van der Waals surface area contributed by atoms with Crippen molar-refractivity contribution in [2.75, 3.05) is 18.9 Å². The van der Waals surface area contributed by atoms with Crippen molar-refractivity contribution >= 4 is 31.8 Å². The summed E-state index contributed by atoms with van der Waals surface area (Å²) in [5.41, 5.74) is 0.437. The van der Waals surface area contributed by atoms with Gasteiger partial charge in [-0.05, 0) is 34.1 Å². The molecular formula is C18H17BrFN3O4S. The average molecular weight is 470 g/mol. The topological polar surface area (TPSA) is 82.5 Å². The lowest BCUT2D eigenvalue weighted by Crippen LogP contribution is -2.14. The zero-order valence-corrected chi connectivity index (χ0v) is 17.4. The molecule has 1 N–H and O–H groups in total. The Morgan fingerprint density at radius 3 is 2.54 bits per heavy atom. The van der Waals surface area contributed by atoms with E-state index in [1.165, 1.54) is 43.2 Å². The van der Waals surface area contributed by atoms with Gasteiger partial charge in [-0.1, -0.05) is 18.2 Å². The molecule has 1 aromatic heterocycles. The van der Waals surface area contributed by atoms with Gasteiger partial charge in [0.2, 0.25) is 0 Å². The number of anilines is 1. The van der Waals surface area contributed by atoms with Gasteiger partial charge in [0.05, 0.1) is 30.1 Å². The van der Waals surface area contributed by atoms with E-state index in [1.54, 1.807) is 24.4 Å². The highest BCUT2D eigenvalue weighted by molar-refractivity contribution is 9.10. The smallest absolute Gasteiger partial charge is 0.263 e. The Morgan fingerprint density at radius 1 is 1.14 bits per heavy atom. The molecule has 7 nitrogen and oxygen atoms in total. The number of rotatable bonds is 7. The van der Waals surface area contributed by atoms with Gasteiger partial charge in [-0.15, -0.1) is 0 Å². The Hall–Kier alpha value is -2.59. The van der Waals surface area contributed by atoms with Crippen LogP contribution >= 0.6 is 15.9 Å². The van der Waals surface area contributed by atoms with Crippen LogP contribution < -0.4 is 14.2 Å². The fourth-order valence-electron chi connectivity index (χ4n) is 2.52. The summed E-state index contributed by atoms with van der Waals surface area (Å²) in [5, 5.41) is 4.19. The molecule has 0 radical (unpaired) electrons. The summed E-state index contributed by atoms with van der Waals surface area (Å²) in [5.74, 6) is 0.430. The van der Waals surface area contributed by atoms with Gasteiger partial charge in [-0.25, -0.2) is 12.8 Å². The van der Waals surface area contributed by atoms with Gasteiger partial charge in [0.1, 0.15) is 5.82 Å². The number of hydrogen-bond donors (Lipinski definition) is 1. The molecule has 0 amide bonds. The summed E-state index contributed by atoms with van der Waals surface area (Å²) in [6.45, 7) is 0.156. The van der Waals surface area contributed by atoms with Crippen molar-refractivity contribution in [1.82, 2.24) is 9.78 Å². The molecule has 0 fully saturated rings. The molecule has 0 aliphatic rings. The van der Waals surface area contributed by atoms with Gasteiger partial charge in [0, 0.05) is 17.8 Å². The predicted molar refractivity (Wildman–Crippen MR) is 106 cm³/mol. The standard InChI is InChI=1S/C18H17BrFN3O4S/c1-26-16-8-7-13(9-17(16)27-2)28(24,25)22-18-14(19)11-23(21-18)10-12-5-3-4-6-15(12)20/h3-9,11H,10H2,1-2H3,(H,21,22). The number of hydrogen-bond acceptors (Lipinski definition) is 5. The maximum absolute atomic E-state index is 13.8. The van der Waals surface area contributed by atoms with Crippen molar-refractivity contribution in [1.29, 1.82) is 0 Å². The minimum absolute atomic E-state index is 0.0132. The second kappa shape index (κ2) is 8.19. The van der Waals surface area contributed by atoms with E-state index in [9.17, 15) is 12.8 Å². The molecule has 3 rings (SSSR count). The molecule has 3 aromatic rings. The third kappa shape index (κ3) is 4.28. The molecule has 0 unspecified atom stereocenters. The van der Waals surface area contributed by atoms with Gasteiger partial charge < -0.3 is 9.47 Å². The summed E-state index contributed by atoms with van der Waals surface area (Å²) in [6, 6.07) is 10.6. The van der Waals surface area contributed by atoms with Crippen molar-refractivity contribution < 1.29 is 22.3 Å². The molecule has 10 heteroatoms. The molecule has 0 saturated heterocycles. The SMILES string of the molecule is COc1ccc(S(=O)(=O)Nc2nn(Cc3ccccc3F)cc2Br)cc1OC. The minimum atomic E-state index is -3.93. The van der Waals surface area contributed by atoms with Crippen LogP contribution in [0.1, 0.15) is 5.56 Å². The lowest BCUT2D eigenvalue weighted by Gasteiger charge is -2.10. The zero-order valence-electron chi connectivity index (χ0n) is 15.0. The number of nitrogens with zero attached hydrogens (tertiary/aromatic N) is 2. The highest BCUT2D eigenvalue weighted by Gasteiger charge is 2.20. The Labute approximate surface area is 170 Å². The maximum Gasteiger partial charge on any atom is 0.263 e. The Kier molecular flexibility index (Phi) is 5.90. The second-order valence-electron chi connectivity index (χ2n) is 5.74. The first-order chi connectivity index (χ1) is 13.3. The molecule has 0 atom stereocenters. The molecule has 2 aromatic carbocycles. The third-order valence-electron chi connectivity index (χ3n) is 3.90. The van der Waals surface area contributed by atoms with Gasteiger partial charge in [-0.2, -0.15) is 5.10 Å². The highest BCUT2D eigenvalue weighted by atomic mass is 79.9. The molecule has 0 aliphatic heterocycles. The summed E-state index contributed by atoms with van der Waals surface area (Å²) in [7, 11) is -1.05. The average Bonchev–Trinajstić information content (AvgIpc) is 3.01. The number of benzene rings is 2. The predicted octanol–water partition coefficient (Wildman–Crippen LogP) is 3.65. The minimum Gasteiger partial charge on any atom is -0.493 e. The number of ether oxygens (including phenoxy) is 2. The number of sulfonamides is 1. The van der Waals surface area contributed by atoms with Crippen molar-refractivity contribution in [2.24, 2.45) is 0 Å². The van der Waals surface area contributed by atoms with Gasteiger partial charge in [0.25, 0.3) is 10.0 Å². The largest absolute Gasteiger partial charge is 0.493 e. The first-order valence-corrected chi connectivity index (χ1v) is 10.3. The van der Waals surface area contributed by atoms with E-state index >= 15 is 0 Å². The van der Waals surface area contributed by atoms with Crippen LogP contribution in [0.4, 0.5) is 10.2 Å². The Bertz CT molecular complexity index is 1100. The molecule has 0 aliphatic carbocycles. The summed E-state index contributed by atoms with van der Waals surface area (Å²) >= 11 is 3.28. The molecule has 28 heavy (non-hydrogen) atoms. The lowest BCUT2D eigenvalue weighted by atomic mass is 10.2. The van der Waals surface area contributed by atoms with E-state index < -0.39 is 10.0 Å². The second-order valence-corrected chi connectivity index (χ2v) is 8.27. The molecular weight excluding hydrogens is 453 g/mol. The third-order valence-corrected chi connectivity index (χ3v) is 5.82. The summed E-state index contributed by atoms with van der Waals surface area (Å²) in [6.07, 6.45) is 1.57. The van der Waals surface area contributed by atoms with E-state index in [0.29, 0.717) is 15.8 Å². The highest BCUT2D eigenvalue weighted by Crippen LogP contribution is 2.31. The van der Waals surface area contributed by atoms with Crippen molar-refractivity contribution in [3.05, 3.63) is 64.5 Å². The maximum atomic E-state index is 13.8. The van der Waals surface area contributed by atoms with Gasteiger partial charge in [-0.3, -0.25) is 9.40 Å². The van der Waals surface area contributed by atoms with Crippen LogP contribution in [0, 0.1) is 5.82 Å². The fraction of sp³-hybridized carbons (Fsp3) is 0.167. The van der Waals surface area contributed by atoms with Crippen LogP contribution in [0.5, 0.6) is 11.5 Å². The molecule has 1 heterocycles. The Balaban J connectivity index is 1.85. The van der Waals surface area contributed by atoms with Gasteiger partial charge in [0.15, 0.2) is 17.3 Å². The Morgan fingerprint density at radius 2 is 1.86 bits per heavy atom. The number of nitrogens with one attached hydrogen (secondary N) is 1. The summed E-state index contributed by atoms with van der Waals surface area (Å²) < 4.78 is 53.8. The van der Waals surface area contributed by atoms with Crippen LogP contribution in [0.15, 0.2) is 58.0 Å². The molecule has 0 saturated carbocycles. The van der Waals surface area contributed by atoms with Crippen LogP contribution in [-0.4, -0.2) is 32.4 Å². The van der Waals surface area contributed by atoms with E-state index in [-0.39, 0.29) is 28.8 Å². The van der Waals surface area contributed by atoms with Crippen LogP contribution in [0.25, 0.3) is 0 Å². The first-order valence-electron chi connectivity index (χ1n) is 8.05. The van der Waals surface area contributed by atoms with Crippen LogP contribution in [0.2, 0.25) is 0 Å². The zero-order chi connectivity index (χ0) is 20.3. The first kappa shape index (κ1) is 20.2. The molecule has 0 bridgehead atoms. The number of halogens is 2.